The van der Waals surface area contributed by atoms with E-state index in [-0.39, 0.29) is 19.1 Å². The Kier molecular flexibility index (Phi) is 4.81. The number of rotatable bonds is 5. The molecular weight excluding hydrogens is 384 g/mol. The Hall–Kier alpha value is -2.34. The highest BCUT2D eigenvalue weighted by Gasteiger charge is 2.48. The lowest BCUT2D eigenvalue weighted by atomic mass is 9.92. The van der Waals surface area contributed by atoms with E-state index in [0.717, 1.165) is 21.3 Å². The van der Waals surface area contributed by atoms with Crippen LogP contribution in [0.3, 0.4) is 0 Å². The fourth-order valence-corrected chi connectivity index (χ4v) is 3.26. The molecule has 130 valence electrons. The molecule has 1 heterocycles. The van der Waals surface area contributed by atoms with Crippen molar-refractivity contribution in [1.82, 2.24) is 10.2 Å². The average Bonchev–Trinajstić information content (AvgIpc) is 2.80. The molecule has 0 unspecified atom stereocenters. The number of nitrogens with one attached hydrogen (secondary N) is 1. The summed E-state index contributed by atoms with van der Waals surface area (Å²) in [5, 5.41) is 2.79. The number of nitrogens with zero attached hydrogens (tertiary/aromatic N) is 1. The van der Waals surface area contributed by atoms with Gasteiger partial charge in [-0.1, -0.05) is 46.3 Å². The number of benzene rings is 2. The third-order valence-electron chi connectivity index (χ3n) is 4.34. The first-order chi connectivity index (χ1) is 11.9. The molecule has 0 aliphatic carbocycles. The number of urea groups is 1. The van der Waals surface area contributed by atoms with Crippen LogP contribution in [-0.4, -0.2) is 30.0 Å². The third-order valence-corrected chi connectivity index (χ3v) is 4.84. The second-order valence-corrected chi connectivity index (χ2v) is 7.05. The smallest absolute Gasteiger partial charge is 0.325 e. The standard InChI is InChI=1S/C19H19BrN2O3/c1-13-6-3-4-9-16(13)25-11-10-22-17(23)19(2,21-18(22)24)14-7-5-8-15(20)12-14/h3-9,12H,10-11H2,1-2H3,(H,21,24)/t19-/m0/s1. The van der Waals surface area contributed by atoms with Crippen molar-refractivity contribution < 1.29 is 14.3 Å². The van der Waals surface area contributed by atoms with Gasteiger partial charge in [0.1, 0.15) is 17.9 Å². The first-order valence-electron chi connectivity index (χ1n) is 8.00. The summed E-state index contributed by atoms with van der Waals surface area (Å²) in [6.07, 6.45) is 0. The van der Waals surface area contributed by atoms with Crippen LogP contribution in [0.15, 0.2) is 53.0 Å². The van der Waals surface area contributed by atoms with Gasteiger partial charge in [-0.3, -0.25) is 9.69 Å². The van der Waals surface area contributed by atoms with E-state index in [9.17, 15) is 9.59 Å². The molecule has 1 fully saturated rings. The van der Waals surface area contributed by atoms with Crippen molar-refractivity contribution in [3.05, 3.63) is 64.1 Å². The molecule has 1 N–H and O–H groups in total. The second-order valence-electron chi connectivity index (χ2n) is 6.14. The molecule has 0 radical (unpaired) electrons. The normalized spacial score (nSPS) is 19.9. The van der Waals surface area contributed by atoms with Crippen LogP contribution in [0.25, 0.3) is 0 Å². The van der Waals surface area contributed by atoms with Gasteiger partial charge in [0.15, 0.2) is 0 Å². The molecule has 0 spiro atoms. The number of hydrogen-bond donors (Lipinski definition) is 1. The summed E-state index contributed by atoms with van der Waals surface area (Å²) in [5.74, 6) is 0.480. The maximum absolute atomic E-state index is 12.8. The van der Waals surface area contributed by atoms with Crippen molar-refractivity contribution >= 4 is 27.9 Å². The fourth-order valence-electron chi connectivity index (χ4n) is 2.86. The minimum absolute atomic E-state index is 0.197. The monoisotopic (exact) mass is 402 g/mol. The summed E-state index contributed by atoms with van der Waals surface area (Å²) >= 11 is 3.40. The largest absolute Gasteiger partial charge is 0.491 e. The van der Waals surface area contributed by atoms with Gasteiger partial charge in [-0.15, -0.1) is 0 Å². The van der Waals surface area contributed by atoms with Gasteiger partial charge in [0, 0.05) is 4.47 Å². The average molecular weight is 403 g/mol. The highest BCUT2D eigenvalue weighted by atomic mass is 79.9. The molecule has 1 saturated heterocycles. The first-order valence-corrected chi connectivity index (χ1v) is 8.80. The van der Waals surface area contributed by atoms with Gasteiger partial charge in [-0.25, -0.2) is 4.79 Å². The van der Waals surface area contributed by atoms with Crippen molar-refractivity contribution in [1.29, 1.82) is 0 Å². The van der Waals surface area contributed by atoms with Gasteiger partial charge < -0.3 is 10.1 Å². The second kappa shape index (κ2) is 6.88. The lowest BCUT2D eigenvalue weighted by molar-refractivity contribution is -0.131. The Bertz CT molecular complexity index is 824. The summed E-state index contributed by atoms with van der Waals surface area (Å²) < 4.78 is 6.56. The molecule has 1 atom stereocenters. The van der Waals surface area contributed by atoms with E-state index in [4.69, 9.17) is 4.74 Å². The van der Waals surface area contributed by atoms with Crippen molar-refractivity contribution in [2.24, 2.45) is 0 Å². The lowest BCUT2D eigenvalue weighted by Crippen LogP contribution is -2.41. The molecule has 2 aromatic rings. The zero-order valence-corrected chi connectivity index (χ0v) is 15.7. The van der Waals surface area contributed by atoms with Crippen LogP contribution in [0.4, 0.5) is 4.79 Å². The Morgan fingerprint density at radius 1 is 1.16 bits per heavy atom. The zero-order chi connectivity index (χ0) is 18.0. The van der Waals surface area contributed by atoms with Crippen molar-refractivity contribution in [3.8, 4) is 5.75 Å². The molecule has 25 heavy (non-hydrogen) atoms. The van der Waals surface area contributed by atoms with Crippen LogP contribution in [0.5, 0.6) is 5.75 Å². The Morgan fingerprint density at radius 3 is 2.64 bits per heavy atom. The first kappa shape index (κ1) is 17.5. The topological polar surface area (TPSA) is 58.6 Å². The van der Waals surface area contributed by atoms with Gasteiger partial charge >= 0.3 is 6.03 Å². The molecule has 6 heteroatoms. The molecular formula is C19H19BrN2O3. The maximum atomic E-state index is 12.8. The van der Waals surface area contributed by atoms with E-state index in [2.05, 4.69) is 21.2 Å². The number of imide groups is 1. The van der Waals surface area contributed by atoms with Crippen molar-refractivity contribution in [3.63, 3.8) is 0 Å². The number of halogens is 1. The molecule has 1 aliphatic rings. The van der Waals surface area contributed by atoms with Gasteiger partial charge in [0.05, 0.1) is 6.54 Å². The number of carbonyl (C=O) groups excluding carboxylic acids is 2. The summed E-state index contributed by atoms with van der Waals surface area (Å²) in [6.45, 7) is 4.12. The van der Waals surface area contributed by atoms with E-state index in [1.165, 1.54) is 4.90 Å². The molecule has 2 aromatic carbocycles. The Balaban J connectivity index is 1.70. The molecule has 3 amide bonds. The third kappa shape index (κ3) is 3.39. The molecule has 0 saturated carbocycles. The highest BCUT2D eigenvalue weighted by Crippen LogP contribution is 2.30. The van der Waals surface area contributed by atoms with E-state index >= 15 is 0 Å². The molecule has 5 nitrogen and oxygen atoms in total. The van der Waals surface area contributed by atoms with Crippen LogP contribution in [0.1, 0.15) is 18.1 Å². The predicted molar refractivity (Wildman–Crippen MR) is 98.4 cm³/mol. The molecule has 0 bridgehead atoms. The quantitative estimate of drug-likeness (QED) is 0.777. The number of amides is 3. The van der Waals surface area contributed by atoms with Gasteiger partial charge in [0.25, 0.3) is 5.91 Å². The zero-order valence-electron chi connectivity index (χ0n) is 14.1. The highest BCUT2D eigenvalue weighted by molar-refractivity contribution is 9.10. The number of para-hydroxylation sites is 1. The van der Waals surface area contributed by atoms with E-state index in [1.54, 1.807) is 6.92 Å². The van der Waals surface area contributed by atoms with Crippen LogP contribution in [0, 0.1) is 6.92 Å². The summed E-state index contributed by atoms with van der Waals surface area (Å²) in [7, 11) is 0. The molecule has 1 aliphatic heterocycles. The van der Waals surface area contributed by atoms with E-state index in [0.29, 0.717) is 0 Å². The number of carbonyl (C=O) groups is 2. The van der Waals surface area contributed by atoms with Crippen LogP contribution >= 0.6 is 15.9 Å². The predicted octanol–water partition coefficient (Wildman–Crippen LogP) is 3.60. The van der Waals surface area contributed by atoms with Crippen LogP contribution in [0.2, 0.25) is 0 Å². The maximum Gasteiger partial charge on any atom is 0.325 e. The minimum atomic E-state index is -1.07. The van der Waals surface area contributed by atoms with Crippen molar-refractivity contribution in [2.45, 2.75) is 19.4 Å². The number of ether oxygens (including phenoxy) is 1. The lowest BCUT2D eigenvalue weighted by Gasteiger charge is -2.22. The Labute approximate surface area is 155 Å². The molecule has 0 aromatic heterocycles. The molecule has 3 rings (SSSR count). The van der Waals surface area contributed by atoms with E-state index in [1.807, 2.05) is 55.5 Å². The number of hydrogen-bond acceptors (Lipinski definition) is 3. The van der Waals surface area contributed by atoms with Gasteiger partial charge in [-0.05, 0) is 43.2 Å². The summed E-state index contributed by atoms with van der Waals surface area (Å²) in [6, 6.07) is 14.6. The number of aryl methyl sites for hydroxylation is 1. The van der Waals surface area contributed by atoms with Crippen molar-refractivity contribution in [2.75, 3.05) is 13.2 Å². The SMILES string of the molecule is Cc1ccccc1OCCN1C(=O)N[C@@](C)(c2cccc(Br)c2)C1=O. The minimum Gasteiger partial charge on any atom is -0.491 e. The van der Waals surface area contributed by atoms with Gasteiger partial charge in [-0.2, -0.15) is 0 Å². The summed E-state index contributed by atoms with van der Waals surface area (Å²) in [5.41, 5.74) is 0.685. The Morgan fingerprint density at radius 2 is 1.92 bits per heavy atom. The summed E-state index contributed by atoms with van der Waals surface area (Å²) in [4.78, 5) is 26.3. The van der Waals surface area contributed by atoms with Gasteiger partial charge in [0.2, 0.25) is 0 Å². The fraction of sp³-hybridized carbons (Fsp3) is 0.263. The van der Waals surface area contributed by atoms with Crippen LogP contribution in [-0.2, 0) is 10.3 Å². The van der Waals surface area contributed by atoms with E-state index < -0.39 is 11.6 Å². The van der Waals surface area contributed by atoms with Crippen LogP contribution < -0.4 is 10.1 Å².